The highest BCUT2D eigenvalue weighted by Gasteiger charge is 2.22. The molecule has 1 N–H and O–H groups in total. The summed E-state index contributed by atoms with van der Waals surface area (Å²) in [6, 6.07) is 10.9. The van der Waals surface area contributed by atoms with Gasteiger partial charge in [0.25, 0.3) is 5.69 Å². The molecule has 1 aliphatic heterocycles. The predicted octanol–water partition coefficient (Wildman–Crippen LogP) is 3.42. The fourth-order valence-corrected chi connectivity index (χ4v) is 2.43. The van der Waals surface area contributed by atoms with Crippen molar-refractivity contribution in [3.8, 4) is 0 Å². The summed E-state index contributed by atoms with van der Waals surface area (Å²) in [6.45, 7) is 0.908. The highest BCUT2D eigenvalue weighted by Crippen LogP contribution is 2.30. The zero-order valence-electron chi connectivity index (χ0n) is 11.1. The van der Waals surface area contributed by atoms with Crippen molar-refractivity contribution < 1.29 is 14.1 Å². The highest BCUT2D eigenvalue weighted by atomic mass is 19.1. The van der Waals surface area contributed by atoms with Crippen LogP contribution in [0.2, 0.25) is 0 Å². The van der Waals surface area contributed by atoms with Crippen molar-refractivity contribution in [1.29, 1.82) is 0 Å². The molecule has 0 saturated carbocycles. The maximum atomic E-state index is 13.8. The lowest BCUT2D eigenvalue weighted by molar-refractivity contribution is -0.384. The molecule has 0 saturated heterocycles. The number of ether oxygens (including phenoxy) is 1. The molecule has 1 heterocycles. The molecule has 0 spiro atoms. The van der Waals surface area contributed by atoms with Crippen LogP contribution in [-0.4, -0.2) is 11.5 Å². The topological polar surface area (TPSA) is 64.4 Å². The first kappa shape index (κ1) is 13.5. The third-order valence-corrected chi connectivity index (χ3v) is 3.46. The second kappa shape index (κ2) is 5.49. The molecule has 0 aliphatic carbocycles. The Morgan fingerprint density at radius 3 is 2.90 bits per heavy atom. The quantitative estimate of drug-likeness (QED) is 0.694. The third-order valence-electron chi connectivity index (χ3n) is 3.46. The summed E-state index contributed by atoms with van der Waals surface area (Å²) in [5.41, 5.74) is 2.01. The number of benzene rings is 2. The normalized spacial score (nSPS) is 17.1. The van der Waals surface area contributed by atoms with Crippen LogP contribution in [-0.2, 0) is 11.3 Å². The first-order valence-corrected chi connectivity index (χ1v) is 6.51. The minimum Gasteiger partial charge on any atom is -0.374 e. The van der Waals surface area contributed by atoms with Gasteiger partial charge in [-0.3, -0.25) is 10.1 Å². The van der Waals surface area contributed by atoms with Gasteiger partial charge in [-0.2, -0.15) is 0 Å². The first-order valence-electron chi connectivity index (χ1n) is 6.51. The van der Waals surface area contributed by atoms with Gasteiger partial charge in [-0.05, 0) is 17.2 Å². The lowest BCUT2D eigenvalue weighted by Crippen LogP contribution is -2.23. The van der Waals surface area contributed by atoms with Crippen LogP contribution in [0.25, 0.3) is 0 Å². The molecule has 2 aromatic rings. The average Bonchev–Trinajstić information content (AvgIpc) is 2.49. The van der Waals surface area contributed by atoms with Crippen molar-refractivity contribution in [2.45, 2.75) is 12.6 Å². The first-order chi connectivity index (χ1) is 10.1. The van der Waals surface area contributed by atoms with E-state index in [4.69, 9.17) is 4.74 Å². The molecule has 108 valence electrons. The van der Waals surface area contributed by atoms with Gasteiger partial charge in [0.15, 0.2) is 0 Å². The Labute approximate surface area is 120 Å². The number of halogens is 1. The molecule has 0 fully saturated rings. The van der Waals surface area contributed by atoms with E-state index in [0.29, 0.717) is 13.2 Å². The standard InChI is InChI=1S/C15H13FN2O3/c16-13-6-5-11(18(19)20)7-14(13)17-15-9-21-8-10-3-1-2-4-12(10)15/h1-7,15,17H,8-9H2. The van der Waals surface area contributed by atoms with E-state index in [1.54, 1.807) is 0 Å². The van der Waals surface area contributed by atoms with Crippen LogP contribution < -0.4 is 5.32 Å². The van der Waals surface area contributed by atoms with Gasteiger partial charge < -0.3 is 10.1 Å². The molecule has 0 aromatic heterocycles. The smallest absolute Gasteiger partial charge is 0.271 e. The van der Waals surface area contributed by atoms with Gasteiger partial charge in [0, 0.05) is 12.1 Å². The predicted molar refractivity (Wildman–Crippen MR) is 75.5 cm³/mol. The minimum atomic E-state index is -0.546. The summed E-state index contributed by atoms with van der Waals surface area (Å²) >= 11 is 0. The van der Waals surface area contributed by atoms with Crippen LogP contribution in [0.5, 0.6) is 0 Å². The monoisotopic (exact) mass is 288 g/mol. The molecule has 5 nitrogen and oxygen atoms in total. The molecule has 6 heteroatoms. The number of anilines is 1. The van der Waals surface area contributed by atoms with Gasteiger partial charge in [0.1, 0.15) is 5.82 Å². The molecule has 1 aliphatic rings. The van der Waals surface area contributed by atoms with Crippen molar-refractivity contribution in [2.75, 3.05) is 11.9 Å². The van der Waals surface area contributed by atoms with Crippen LogP contribution in [0.4, 0.5) is 15.8 Å². The van der Waals surface area contributed by atoms with Crippen molar-refractivity contribution >= 4 is 11.4 Å². The molecular weight excluding hydrogens is 275 g/mol. The molecular formula is C15H13FN2O3. The summed E-state index contributed by atoms with van der Waals surface area (Å²) in [6.07, 6.45) is 0. The summed E-state index contributed by atoms with van der Waals surface area (Å²) in [5, 5.41) is 13.8. The lowest BCUT2D eigenvalue weighted by atomic mass is 9.99. The van der Waals surface area contributed by atoms with Gasteiger partial charge in [-0.15, -0.1) is 0 Å². The third kappa shape index (κ3) is 2.71. The van der Waals surface area contributed by atoms with Gasteiger partial charge in [-0.1, -0.05) is 24.3 Å². The Balaban J connectivity index is 1.91. The molecule has 0 radical (unpaired) electrons. The van der Waals surface area contributed by atoms with Gasteiger partial charge >= 0.3 is 0 Å². The molecule has 1 unspecified atom stereocenters. The van der Waals surface area contributed by atoms with Crippen molar-refractivity contribution in [1.82, 2.24) is 0 Å². The second-order valence-electron chi connectivity index (χ2n) is 4.83. The summed E-state index contributed by atoms with van der Waals surface area (Å²) in [4.78, 5) is 10.2. The van der Waals surface area contributed by atoms with E-state index in [0.717, 1.165) is 23.3 Å². The van der Waals surface area contributed by atoms with Crippen LogP contribution in [0.1, 0.15) is 17.2 Å². The number of rotatable bonds is 3. The Kier molecular flexibility index (Phi) is 3.53. The van der Waals surface area contributed by atoms with E-state index in [1.807, 2.05) is 24.3 Å². The Bertz CT molecular complexity index is 690. The number of nitrogens with zero attached hydrogens (tertiary/aromatic N) is 1. The van der Waals surface area contributed by atoms with Gasteiger partial charge in [0.05, 0.1) is 29.9 Å². The molecule has 1 atom stereocenters. The van der Waals surface area contributed by atoms with Crippen LogP contribution in [0.3, 0.4) is 0 Å². The number of nitro benzene ring substituents is 1. The summed E-state index contributed by atoms with van der Waals surface area (Å²) < 4.78 is 19.3. The molecule has 2 aromatic carbocycles. The van der Waals surface area contributed by atoms with Gasteiger partial charge in [0.2, 0.25) is 0 Å². The molecule has 3 rings (SSSR count). The summed E-state index contributed by atoms with van der Waals surface area (Å²) in [5.74, 6) is -0.524. The van der Waals surface area contributed by atoms with Crippen LogP contribution >= 0.6 is 0 Å². The fraction of sp³-hybridized carbons (Fsp3) is 0.200. The SMILES string of the molecule is O=[N+]([O-])c1ccc(F)c(NC2COCc3ccccc32)c1. The maximum absolute atomic E-state index is 13.8. The molecule has 0 amide bonds. The highest BCUT2D eigenvalue weighted by molar-refractivity contribution is 5.54. The minimum absolute atomic E-state index is 0.106. The number of hydrogen-bond acceptors (Lipinski definition) is 4. The van der Waals surface area contributed by atoms with E-state index in [1.165, 1.54) is 6.07 Å². The maximum Gasteiger partial charge on any atom is 0.271 e. The zero-order valence-corrected chi connectivity index (χ0v) is 11.1. The number of hydrogen-bond donors (Lipinski definition) is 1. The second-order valence-corrected chi connectivity index (χ2v) is 4.83. The number of nitrogens with one attached hydrogen (secondary N) is 1. The van der Waals surface area contributed by atoms with E-state index >= 15 is 0 Å². The Morgan fingerprint density at radius 1 is 1.29 bits per heavy atom. The summed E-state index contributed by atoms with van der Waals surface area (Å²) in [7, 11) is 0. The van der Waals surface area contributed by atoms with Crippen LogP contribution in [0.15, 0.2) is 42.5 Å². The van der Waals surface area contributed by atoms with Crippen molar-refractivity contribution in [3.63, 3.8) is 0 Å². The van der Waals surface area contributed by atoms with E-state index in [2.05, 4.69) is 5.32 Å². The fourth-order valence-electron chi connectivity index (χ4n) is 2.43. The lowest BCUT2D eigenvalue weighted by Gasteiger charge is -2.27. The van der Waals surface area contributed by atoms with E-state index < -0.39 is 10.7 Å². The van der Waals surface area contributed by atoms with Crippen LogP contribution in [0, 0.1) is 15.9 Å². The largest absolute Gasteiger partial charge is 0.374 e. The molecule has 21 heavy (non-hydrogen) atoms. The zero-order chi connectivity index (χ0) is 14.8. The van der Waals surface area contributed by atoms with E-state index in [9.17, 15) is 14.5 Å². The Morgan fingerprint density at radius 2 is 2.10 bits per heavy atom. The number of non-ortho nitro benzene ring substituents is 1. The van der Waals surface area contributed by atoms with Crippen molar-refractivity contribution in [2.24, 2.45) is 0 Å². The number of nitro groups is 1. The number of fused-ring (bicyclic) bond motifs is 1. The van der Waals surface area contributed by atoms with Gasteiger partial charge in [-0.25, -0.2) is 4.39 Å². The van der Waals surface area contributed by atoms with E-state index in [-0.39, 0.29) is 17.4 Å². The average molecular weight is 288 g/mol. The van der Waals surface area contributed by atoms with Crippen molar-refractivity contribution in [3.05, 3.63) is 69.5 Å². The molecule has 0 bridgehead atoms. The Hall–Kier alpha value is -2.47.